The van der Waals surface area contributed by atoms with Gasteiger partial charge in [0.2, 0.25) is 0 Å². The summed E-state index contributed by atoms with van der Waals surface area (Å²) >= 11 is 0. The molecule has 0 spiro atoms. The first-order valence-corrected chi connectivity index (χ1v) is 4.82. The molecule has 0 aromatic heterocycles. The average Bonchev–Trinajstić information content (AvgIpc) is 2.00. The van der Waals surface area contributed by atoms with Crippen LogP contribution in [0.3, 0.4) is 0 Å². The summed E-state index contributed by atoms with van der Waals surface area (Å²) in [5.41, 5.74) is 3.02. The monoisotopic (exact) mass is 173 g/mol. The Labute approximate surface area is 76.6 Å². The summed E-state index contributed by atoms with van der Waals surface area (Å²) in [5.74, 6) is 0.609. The van der Waals surface area contributed by atoms with Gasteiger partial charge in [-0.05, 0) is 33.1 Å². The molecule has 12 heavy (non-hydrogen) atoms. The van der Waals surface area contributed by atoms with E-state index >= 15 is 0 Å². The maximum absolute atomic E-state index is 5.55. The molecule has 0 aromatic rings. The molecule has 0 radical (unpaired) electrons. The van der Waals surface area contributed by atoms with E-state index in [-0.39, 0.29) is 5.60 Å². The Morgan fingerprint density at radius 2 is 1.75 bits per heavy atom. The van der Waals surface area contributed by atoms with E-state index in [2.05, 4.69) is 47.0 Å². The van der Waals surface area contributed by atoms with Gasteiger partial charge in [-0.25, -0.2) is 0 Å². The van der Waals surface area contributed by atoms with Crippen molar-refractivity contribution in [3.63, 3.8) is 0 Å². The highest BCUT2D eigenvalue weighted by Crippen LogP contribution is 2.12. The van der Waals surface area contributed by atoms with Crippen molar-refractivity contribution in [3.05, 3.63) is 0 Å². The van der Waals surface area contributed by atoms with Gasteiger partial charge in [0.05, 0.1) is 5.60 Å². The molecule has 0 aliphatic heterocycles. The lowest BCUT2D eigenvalue weighted by atomic mass is 10.1. The van der Waals surface area contributed by atoms with Gasteiger partial charge in [-0.1, -0.05) is 20.8 Å². The van der Waals surface area contributed by atoms with Crippen LogP contribution in [0.2, 0.25) is 0 Å². The Hall–Kier alpha value is -0.0800. The molecule has 0 bridgehead atoms. The van der Waals surface area contributed by atoms with Crippen molar-refractivity contribution in [3.8, 4) is 0 Å². The Balaban J connectivity index is 3.67. The van der Waals surface area contributed by atoms with Crippen LogP contribution in [0.25, 0.3) is 0 Å². The van der Waals surface area contributed by atoms with Crippen LogP contribution in [0, 0.1) is 5.92 Å². The van der Waals surface area contributed by atoms with Gasteiger partial charge in [-0.3, -0.25) is 4.84 Å². The zero-order chi connectivity index (χ0) is 9.78. The molecule has 0 fully saturated rings. The van der Waals surface area contributed by atoms with Crippen LogP contribution < -0.4 is 5.48 Å². The molecular formula is C10H23NO. The Morgan fingerprint density at radius 3 is 2.08 bits per heavy atom. The molecule has 2 heteroatoms. The molecule has 0 heterocycles. The molecule has 0 amide bonds. The average molecular weight is 173 g/mol. The molecule has 74 valence electrons. The smallest absolute Gasteiger partial charge is 0.0838 e. The maximum atomic E-state index is 5.55. The zero-order valence-electron chi connectivity index (χ0n) is 9.27. The number of nitrogens with one attached hydrogen (secondary N) is 1. The lowest BCUT2D eigenvalue weighted by Gasteiger charge is -2.27. The van der Waals surface area contributed by atoms with E-state index in [4.69, 9.17) is 4.84 Å². The van der Waals surface area contributed by atoms with E-state index in [1.54, 1.807) is 0 Å². The highest BCUT2D eigenvalue weighted by atomic mass is 16.7. The van der Waals surface area contributed by atoms with Crippen molar-refractivity contribution in [1.29, 1.82) is 0 Å². The summed E-state index contributed by atoms with van der Waals surface area (Å²) in [7, 11) is 0. The Kier molecular flexibility index (Phi) is 4.80. The molecule has 0 rings (SSSR count). The van der Waals surface area contributed by atoms with E-state index < -0.39 is 0 Å². The third kappa shape index (κ3) is 4.73. The Bertz CT molecular complexity index is 121. The number of hydrogen-bond donors (Lipinski definition) is 1. The highest BCUT2D eigenvalue weighted by molar-refractivity contribution is 4.66. The Morgan fingerprint density at radius 1 is 1.25 bits per heavy atom. The van der Waals surface area contributed by atoms with E-state index in [1.165, 1.54) is 0 Å². The minimum Gasteiger partial charge on any atom is -0.296 e. The van der Waals surface area contributed by atoms with Gasteiger partial charge < -0.3 is 0 Å². The van der Waals surface area contributed by atoms with Crippen molar-refractivity contribution in [2.45, 2.75) is 59.6 Å². The largest absolute Gasteiger partial charge is 0.296 e. The number of rotatable bonds is 5. The van der Waals surface area contributed by atoms with E-state index in [0.29, 0.717) is 12.0 Å². The topological polar surface area (TPSA) is 21.3 Å². The fraction of sp³-hybridized carbons (Fsp3) is 1.00. The van der Waals surface area contributed by atoms with Gasteiger partial charge in [0.1, 0.15) is 0 Å². The SMILES string of the molecule is CCC(C)(C)ON[C@@H](C)C(C)C. The first-order valence-electron chi connectivity index (χ1n) is 4.82. The molecule has 1 N–H and O–H groups in total. The molecule has 0 aliphatic carbocycles. The molecule has 0 aromatic carbocycles. The normalized spacial score (nSPS) is 15.2. The van der Waals surface area contributed by atoms with E-state index in [0.717, 1.165) is 6.42 Å². The highest BCUT2D eigenvalue weighted by Gasteiger charge is 2.17. The van der Waals surface area contributed by atoms with Crippen molar-refractivity contribution in [1.82, 2.24) is 5.48 Å². The van der Waals surface area contributed by atoms with Crippen LogP contribution in [-0.4, -0.2) is 11.6 Å². The fourth-order valence-electron chi connectivity index (χ4n) is 0.461. The quantitative estimate of drug-likeness (QED) is 0.645. The van der Waals surface area contributed by atoms with Crippen molar-refractivity contribution in [2.75, 3.05) is 0 Å². The van der Waals surface area contributed by atoms with E-state index in [1.807, 2.05) is 0 Å². The molecule has 1 atom stereocenters. The van der Waals surface area contributed by atoms with Crippen LogP contribution in [0.5, 0.6) is 0 Å². The summed E-state index contributed by atoms with van der Waals surface area (Å²) < 4.78 is 0. The first kappa shape index (κ1) is 11.9. The molecule has 0 saturated carbocycles. The second-order valence-corrected chi connectivity index (χ2v) is 4.37. The van der Waals surface area contributed by atoms with Crippen LogP contribution >= 0.6 is 0 Å². The summed E-state index contributed by atoms with van der Waals surface area (Å²) in [4.78, 5) is 5.55. The van der Waals surface area contributed by atoms with Crippen molar-refractivity contribution < 1.29 is 4.84 Å². The summed E-state index contributed by atoms with van der Waals surface area (Å²) in [6.07, 6.45) is 1.02. The summed E-state index contributed by atoms with van der Waals surface area (Å²) in [5, 5.41) is 0. The second kappa shape index (κ2) is 4.83. The van der Waals surface area contributed by atoms with Gasteiger partial charge in [0.25, 0.3) is 0 Å². The minimum absolute atomic E-state index is 0.0524. The fourth-order valence-corrected chi connectivity index (χ4v) is 0.461. The van der Waals surface area contributed by atoms with Gasteiger partial charge >= 0.3 is 0 Å². The van der Waals surface area contributed by atoms with Gasteiger partial charge in [0.15, 0.2) is 0 Å². The van der Waals surface area contributed by atoms with Gasteiger partial charge in [-0.15, -0.1) is 0 Å². The number of hydroxylamine groups is 1. The third-order valence-corrected chi connectivity index (χ3v) is 2.37. The molecule has 0 unspecified atom stereocenters. The number of hydrogen-bond acceptors (Lipinski definition) is 2. The van der Waals surface area contributed by atoms with Gasteiger partial charge in [-0.2, -0.15) is 5.48 Å². The van der Waals surface area contributed by atoms with Crippen LogP contribution in [0.4, 0.5) is 0 Å². The summed E-state index contributed by atoms with van der Waals surface area (Å²) in [6, 6.07) is 0.413. The van der Waals surface area contributed by atoms with Crippen LogP contribution in [0.1, 0.15) is 48.0 Å². The lowest BCUT2D eigenvalue weighted by molar-refractivity contribution is -0.104. The van der Waals surface area contributed by atoms with E-state index in [9.17, 15) is 0 Å². The standard InChI is InChI=1S/C10H23NO/c1-7-10(5,6)12-11-9(4)8(2)3/h8-9,11H,7H2,1-6H3/t9-/m0/s1. The molecule has 0 saturated heterocycles. The summed E-state index contributed by atoms with van der Waals surface area (Å²) in [6.45, 7) is 12.8. The molecular weight excluding hydrogens is 150 g/mol. The maximum Gasteiger partial charge on any atom is 0.0838 e. The second-order valence-electron chi connectivity index (χ2n) is 4.37. The lowest BCUT2D eigenvalue weighted by Crippen LogP contribution is -2.38. The van der Waals surface area contributed by atoms with Crippen molar-refractivity contribution >= 4 is 0 Å². The third-order valence-electron chi connectivity index (χ3n) is 2.37. The zero-order valence-corrected chi connectivity index (χ0v) is 9.27. The predicted molar refractivity (Wildman–Crippen MR) is 52.9 cm³/mol. The van der Waals surface area contributed by atoms with Crippen LogP contribution in [-0.2, 0) is 4.84 Å². The van der Waals surface area contributed by atoms with Crippen LogP contribution in [0.15, 0.2) is 0 Å². The minimum atomic E-state index is -0.0524. The van der Waals surface area contributed by atoms with Gasteiger partial charge in [0, 0.05) is 6.04 Å². The van der Waals surface area contributed by atoms with Crippen molar-refractivity contribution in [2.24, 2.45) is 5.92 Å². The first-order chi connectivity index (χ1) is 5.39. The molecule has 2 nitrogen and oxygen atoms in total. The molecule has 0 aliphatic rings. The predicted octanol–water partition coefficient (Wildman–Crippen LogP) is 2.74.